The molecule has 2 aliphatic carbocycles. The molecule has 1 heteroatoms. The Hall–Kier alpha value is -0.0400. The molecule has 0 radical (unpaired) electrons. The van der Waals surface area contributed by atoms with Gasteiger partial charge >= 0.3 is 0 Å². The molecule has 0 heterocycles. The average molecular weight is 195 g/mol. The Labute approximate surface area is 88.7 Å². The topological polar surface area (TPSA) is 12.0 Å². The molecule has 2 saturated carbocycles. The maximum Gasteiger partial charge on any atom is 0.00683 e. The summed E-state index contributed by atoms with van der Waals surface area (Å²) in [6, 6.07) is 0.903. The van der Waals surface area contributed by atoms with Crippen LogP contribution in [0, 0.1) is 11.8 Å². The molecule has 2 atom stereocenters. The van der Waals surface area contributed by atoms with Crippen LogP contribution in [0.25, 0.3) is 0 Å². The van der Waals surface area contributed by atoms with Crippen LogP contribution in [-0.2, 0) is 0 Å². The Kier molecular flexibility index (Phi) is 3.86. The average Bonchev–Trinajstić information content (AvgIpc) is 3.02. The van der Waals surface area contributed by atoms with Crippen LogP contribution in [0.3, 0.4) is 0 Å². The SMILES string of the molecule is CCC1CCCC(CNC2CC2)CC1. The number of nitrogens with one attached hydrogen (secondary N) is 1. The summed E-state index contributed by atoms with van der Waals surface area (Å²) in [5.74, 6) is 2.04. The van der Waals surface area contributed by atoms with Gasteiger partial charge in [-0.25, -0.2) is 0 Å². The number of hydrogen-bond donors (Lipinski definition) is 1. The van der Waals surface area contributed by atoms with Crippen molar-refractivity contribution in [3.8, 4) is 0 Å². The van der Waals surface area contributed by atoms with Gasteiger partial charge in [0.1, 0.15) is 0 Å². The molecule has 0 aromatic carbocycles. The van der Waals surface area contributed by atoms with E-state index in [1.807, 2.05) is 0 Å². The van der Waals surface area contributed by atoms with Gasteiger partial charge in [-0.05, 0) is 44.1 Å². The van der Waals surface area contributed by atoms with Gasteiger partial charge in [0, 0.05) is 6.04 Å². The lowest BCUT2D eigenvalue weighted by Gasteiger charge is -2.14. The molecule has 0 bridgehead atoms. The van der Waals surface area contributed by atoms with Crippen LogP contribution in [0.2, 0.25) is 0 Å². The molecule has 0 aromatic heterocycles. The maximum absolute atomic E-state index is 3.69. The lowest BCUT2D eigenvalue weighted by molar-refractivity contribution is 0.404. The summed E-state index contributed by atoms with van der Waals surface area (Å²) >= 11 is 0. The zero-order chi connectivity index (χ0) is 9.80. The molecule has 0 aliphatic heterocycles. The molecule has 2 fully saturated rings. The van der Waals surface area contributed by atoms with Gasteiger partial charge in [-0.1, -0.05) is 32.6 Å². The van der Waals surface area contributed by atoms with Crippen molar-refractivity contribution in [2.45, 2.75) is 64.3 Å². The molecule has 2 aliphatic rings. The molecule has 82 valence electrons. The van der Waals surface area contributed by atoms with Gasteiger partial charge in [-0.15, -0.1) is 0 Å². The van der Waals surface area contributed by atoms with Crippen molar-refractivity contribution in [1.29, 1.82) is 0 Å². The normalized spacial score (nSPS) is 34.1. The molecular formula is C13H25N. The first-order valence-electron chi connectivity index (χ1n) is 6.62. The Morgan fingerprint density at radius 2 is 1.64 bits per heavy atom. The van der Waals surface area contributed by atoms with E-state index in [9.17, 15) is 0 Å². The largest absolute Gasteiger partial charge is 0.314 e. The minimum absolute atomic E-state index is 0.903. The first kappa shape index (κ1) is 10.5. The van der Waals surface area contributed by atoms with Crippen molar-refractivity contribution in [1.82, 2.24) is 5.32 Å². The summed E-state index contributed by atoms with van der Waals surface area (Å²) in [4.78, 5) is 0. The van der Waals surface area contributed by atoms with Crippen LogP contribution in [0.1, 0.15) is 58.3 Å². The van der Waals surface area contributed by atoms with Crippen molar-refractivity contribution in [2.75, 3.05) is 6.54 Å². The second kappa shape index (κ2) is 5.16. The molecule has 2 rings (SSSR count). The molecule has 0 aromatic rings. The summed E-state index contributed by atoms with van der Waals surface area (Å²) in [5.41, 5.74) is 0. The predicted octanol–water partition coefficient (Wildman–Crippen LogP) is 3.34. The highest BCUT2D eigenvalue weighted by molar-refractivity contribution is 4.82. The van der Waals surface area contributed by atoms with Gasteiger partial charge < -0.3 is 5.32 Å². The second-order valence-corrected chi connectivity index (χ2v) is 5.33. The highest BCUT2D eigenvalue weighted by Gasteiger charge is 2.23. The van der Waals surface area contributed by atoms with E-state index in [0.29, 0.717) is 0 Å². The monoisotopic (exact) mass is 195 g/mol. The van der Waals surface area contributed by atoms with E-state index in [1.165, 1.54) is 57.9 Å². The lowest BCUT2D eigenvalue weighted by atomic mass is 9.96. The maximum atomic E-state index is 3.69. The van der Waals surface area contributed by atoms with Crippen molar-refractivity contribution in [2.24, 2.45) is 11.8 Å². The molecule has 2 unspecified atom stereocenters. The molecule has 14 heavy (non-hydrogen) atoms. The number of hydrogen-bond acceptors (Lipinski definition) is 1. The summed E-state index contributed by atoms with van der Waals surface area (Å²) in [7, 11) is 0. The van der Waals surface area contributed by atoms with E-state index in [2.05, 4.69) is 12.2 Å². The van der Waals surface area contributed by atoms with Crippen LogP contribution in [0.15, 0.2) is 0 Å². The van der Waals surface area contributed by atoms with E-state index in [1.54, 1.807) is 0 Å². The lowest BCUT2D eigenvalue weighted by Crippen LogP contribution is -2.24. The van der Waals surface area contributed by atoms with E-state index in [0.717, 1.165) is 17.9 Å². The zero-order valence-electron chi connectivity index (χ0n) is 9.60. The third-order valence-electron chi connectivity index (χ3n) is 4.06. The molecule has 0 spiro atoms. The second-order valence-electron chi connectivity index (χ2n) is 5.33. The minimum atomic E-state index is 0.903. The fraction of sp³-hybridized carbons (Fsp3) is 1.00. The summed E-state index contributed by atoms with van der Waals surface area (Å²) in [5, 5.41) is 3.69. The molecule has 0 saturated heterocycles. The van der Waals surface area contributed by atoms with Crippen LogP contribution < -0.4 is 5.32 Å². The molecule has 0 amide bonds. The molecule has 1 nitrogen and oxygen atoms in total. The Morgan fingerprint density at radius 1 is 0.929 bits per heavy atom. The number of rotatable bonds is 4. The first-order chi connectivity index (χ1) is 6.88. The highest BCUT2D eigenvalue weighted by Crippen LogP contribution is 2.29. The summed E-state index contributed by atoms with van der Waals surface area (Å²) in [6.07, 6.45) is 11.7. The van der Waals surface area contributed by atoms with E-state index < -0.39 is 0 Å². The van der Waals surface area contributed by atoms with E-state index in [-0.39, 0.29) is 0 Å². The summed E-state index contributed by atoms with van der Waals surface area (Å²) in [6.45, 7) is 3.66. The van der Waals surface area contributed by atoms with Crippen LogP contribution in [-0.4, -0.2) is 12.6 Å². The Balaban J connectivity index is 1.65. The van der Waals surface area contributed by atoms with Gasteiger partial charge in [0.15, 0.2) is 0 Å². The van der Waals surface area contributed by atoms with Gasteiger partial charge in [0.05, 0.1) is 0 Å². The summed E-state index contributed by atoms with van der Waals surface area (Å²) < 4.78 is 0. The van der Waals surface area contributed by atoms with E-state index >= 15 is 0 Å². The van der Waals surface area contributed by atoms with Crippen molar-refractivity contribution < 1.29 is 0 Å². The Bertz CT molecular complexity index is 163. The standard InChI is InChI=1S/C13H25N/c1-2-11-4-3-5-12(7-6-11)10-14-13-8-9-13/h11-14H,2-10H2,1H3. The van der Waals surface area contributed by atoms with Gasteiger partial charge in [0.2, 0.25) is 0 Å². The molecule has 1 N–H and O–H groups in total. The van der Waals surface area contributed by atoms with Crippen molar-refractivity contribution in [3.05, 3.63) is 0 Å². The van der Waals surface area contributed by atoms with Crippen molar-refractivity contribution in [3.63, 3.8) is 0 Å². The molecular weight excluding hydrogens is 170 g/mol. The highest BCUT2D eigenvalue weighted by atomic mass is 14.9. The first-order valence-corrected chi connectivity index (χ1v) is 6.62. The predicted molar refractivity (Wildman–Crippen MR) is 61.4 cm³/mol. The third kappa shape index (κ3) is 3.27. The van der Waals surface area contributed by atoms with Gasteiger partial charge in [-0.2, -0.15) is 0 Å². The van der Waals surface area contributed by atoms with Gasteiger partial charge in [0.25, 0.3) is 0 Å². The van der Waals surface area contributed by atoms with Crippen LogP contribution >= 0.6 is 0 Å². The zero-order valence-corrected chi connectivity index (χ0v) is 9.60. The van der Waals surface area contributed by atoms with Crippen LogP contribution in [0.4, 0.5) is 0 Å². The fourth-order valence-electron chi connectivity index (χ4n) is 2.69. The third-order valence-corrected chi connectivity index (χ3v) is 4.06. The Morgan fingerprint density at radius 3 is 2.36 bits per heavy atom. The quantitative estimate of drug-likeness (QED) is 0.678. The van der Waals surface area contributed by atoms with Crippen molar-refractivity contribution >= 4 is 0 Å². The smallest absolute Gasteiger partial charge is 0.00683 e. The van der Waals surface area contributed by atoms with E-state index in [4.69, 9.17) is 0 Å². The van der Waals surface area contributed by atoms with Gasteiger partial charge in [-0.3, -0.25) is 0 Å². The minimum Gasteiger partial charge on any atom is -0.314 e. The fourth-order valence-corrected chi connectivity index (χ4v) is 2.69. The van der Waals surface area contributed by atoms with Crippen LogP contribution in [0.5, 0.6) is 0 Å².